The van der Waals surface area contributed by atoms with Crippen LogP contribution in [0.3, 0.4) is 0 Å². The first-order valence-corrected chi connectivity index (χ1v) is 9.93. The second-order valence-corrected chi connectivity index (χ2v) is 7.35. The lowest BCUT2D eigenvalue weighted by molar-refractivity contribution is -0.116. The second-order valence-electron chi connectivity index (χ2n) is 7.35. The van der Waals surface area contributed by atoms with Crippen molar-refractivity contribution >= 4 is 11.7 Å². The molecule has 0 spiro atoms. The smallest absolute Gasteiger partial charge is 0.272 e. The van der Waals surface area contributed by atoms with E-state index in [2.05, 4.69) is 25.6 Å². The zero-order chi connectivity index (χ0) is 21.4. The van der Waals surface area contributed by atoms with Crippen LogP contribution in [0, 0.1) is 6.92 Å². The molecule has 5 rings (SSSR count). The van der Waals surface area contributed by atoms with E-state index in [1.807, 2.05) is 61.5 Å². The maximum absolute atomic E-state index is 12.6. The summed E-state index contributed by atoms with van der Waals surface area (Å²) in [6.45, 7) is 1.93. The lowest BCUT2D eigenvalue weighted by Crippen LogP contribution is -2.25. The van der Waals surface area contributed by atoms with E-state index >= 15 is 0 Å². The average molecular weight is 412 g/mol. The van der Waals surface area contributed by atoms with Crippen LogP contribution in [0.5, 0.6) is 5.75 Å². The topological polar surface area (TPSA) is 94.8 Å². The van der Waals surface area contributed by atoms with Gasteiger partial charge in [-0.25, -0.2) is 4.98 Å². The van der Waals surface area contributed by atoms with Gasteiger partial charge in [0.1, 0.15) is 11.6 Å². The van der Waals surface area contributed by atoms with E-state index in [0.29, 0.717) is 23.9 Å². The Morgan fingerprint density at radius 3 is 2.77 bits per heavy atom. The van der Waals surface area contributed by atoms with Crippen LogP contribution >= 0.6 is 0 Å². The zero-order valence-corrected chi connectivity index (χ0v) is 17.1. The summed E-state index contributed by atoms with van der Waals surface area (Å²) in [7, 11) is 1.63. The number of ether oxygens (including phenoxy) is 1. The average Bonchev–Trinajstić information content (AvgIpc) is 3.15. The summed E-state index contributed by atoms with van der Waals surface area (Å²) < 4.78 is 6.93. The Labute approximate surface area is 178 Å². The molecule has 8 nitrogen and oxygen atoms in total. The number of rotatable bonds is 4. The van der Waals surface area contributed by atoms with E-state index in [4.69, 9.17) is 4.74 Å². The summed E-state index contributed by atoms with van der Waals surface area (Å²) in [6, 6.07) is 17.5. The van der Waals surface area contributed by atoms with Crippen LogP contribution < -0.4 is 10.1 Å². The fourth-order valence-electron chi connectivity index (χ4n) is 3.97. The van der Waals surface area contributed by atoms with Gasteiger partial charge in [0.05, 0.1) is 24.7 Å². The number of nitrogens with zero attached hydrogens (tertiary/aromatic N) is 5. The second kappa shape index (κ2) is 7.64. The molecule has 0 aliphatic carbocycles. The van der Waals surface area contributed by atoms with Crippen molar-refractivity contribution in [1.82, 2.24) is 25.0 Å². The summed E-state index contributed by atoms with van der Waals surface area (Å²) in [4.78, 5) is 17.2. The molecule has 2 aromatic carbocycles. The van der Waals surface area contributed by atoms with E-state index in [-0.39, 0.29) is 11.8 Å². The molecule has 1 unspecified atom stereocenters. The molecule has 1 atom stereocenters. The van der Waals surface area contributed by atoms with Gasteiger partial charge in [0.25, 0.3) is 5.95 Å². The molecule has 31 heavy (non-hydrogen) atoms. The lowest BCUT2D eigenvalue weighted by Gasteiger charge is -2.24. The van der Waals surface area contributed by atoms with Crippen LogP contribution in [0.25, 0.3) is 17.2 Å². The van der Waals surface area contributed by atoms with Crippen molar-refractivity contribution in [3.63, 3.8) is 0 Å². The van der Waals surface area contributed by atoms with Gasteiger partial charge >= 0.3 is 0 Å². The minimum Gasteiger partial charge on any atom is -0.497 e. The third kappa shape index (κ3) is 3.42. The third-order valence-corrected chi connectivity index (χ3v) is 5.41. The Morgan fingerprint density at radius 2 is 1.97 bits per heavy atom. The molecule has 0 saturated carbocycles. The number of methoxy groups -OCH3 is 1. The van der Waals surface area contributed by atoms with Crippen molar-refractivity contribution in [1.29, 1.82) is 0 Å². The van der Waals surface area contributed by atoms with E-state index in [1.54, 1.807) is 18.0 Å². The number of hydrogen-bond acceptors (Lipinski definition) is 6. The van der Waals surface area contributed by atoms with Crippen LogP contribution in [0.15, 0.2) is 60.8 Å². The first-order chi connectivity index (χ1) is 15.1. The first kappa shape index (κ1) is 18.9. The molecule has 0 saturated heterocycles. The largest absolute Gasteiger partial charge is 0.497 e. The SMILES string of the molecule is COc1cccc(C2CC(=O)Nc3c2c(C)nn3-c2nncc(-c3ccccc3)n2)c1. The summed E-state index contributed by atoms with van der Waals surface area (Å²) in [5.41, 5.74) is 4.35. The van der Waals surface area contributed by atoms with E-state index < -0.39 is 0 Å². The maximum Gasteiger partial charge on any atom is 0.272 e. The van der Waals surface area contributed by atoms with Crippen LogP contribution in [0.2, 0.25) is 0 Å². The van der Waals surface area contributed by atoms with Crippen LogP contribution in [0.1, 0.15) is 29.2 Å². The molecule has 3 heterocycles. The highest BCUT2D eigenvalue weighted by Gasteiger charge is 2.33. The number of hydrogen-bond donors (Lipinski definition) is 1. The quantitative estimate of drug-likeness (QED) is 0.551. The number of fused-ring (bicyclic) bond motifs is 1. The van der Waals surface area contributed by atoms with Gasteiger partial charge in [-0.2, -0.15) is 14.9 Å². The minimum absolute atomic E-state index is 0.0892. The highest BCUT2D eigenvalue weighted by molar-refractivity contribution is 5.95. The fraction of sp³-hybridized carbons (Fsp3) is 0.174. The van der Waals surface area contributed by atoms with Crippen molar-refractivity contribution < 1.29 is 9.53 Å². The number of nitrogens with one attached hydrogen (secondary N) is 1. The highest BCUT2D eigenvalue weighted by atomic mass is 16.5. The molecular weight excluding hydrogens is 392 g/mol. The molecule has 0 bridgehead atoms. The fourth-order valence-corrected chi connectivity index (χ4v) is 3.97. The third-order valence-electron chi connectivity index (χ3n) is 5.41. The number of anilines is 1. The van der Waals surface area contributed by atoms with Gasteiger partial charge in [0.2, 0.25) is 5.91 Å². The normalized spacial score (nSPS) is 15.3. The van der Waals surface area contributed by atoms with Gasteiger partial charge in [-0.05, 0) is 24.6 Å². The Bertz CT molecular complexity index is 1270. The number of carbonyl (C=O) groups excluding carboxylic acids is 1. The lowest BCUT2D eigenvalue weighted by atomic mass is 9.86. The predicted octanol–water partition coefficient (Wildman–Crippen LogP) is 3.52. The molecule has 8 heteroatoms. The van der Waals surface area contributed by atoms with E-state index in [1.165, 1.54) is 0 Å². The molecule has 1 aliphatic heterocycles. The Morgan fingerprint density at radius 1 is 1.13 bits per heavy atom. The van der Waals surface area contributed by atoms with E-state index in [9.17, 15) is 4.79 Å². The summed E-state index contributed by atoms with van der Waals surface area (Å²) in [5.74, 6) is 1.40. The number of aromatic nitrogens is 5. The Kier molecular flexibility index (Phi) is 4.66. The van der Waals surface area contributed by atoms with Gasteiger partial charge < -0.3 is 10.1 Å². The van der Waals surface area contributed by atoms with Crippen LogP contribution in [0.4, 0.5) is 5.82 Å². The van der Waals surface area contributed by atoms with Gasteiger partial charge in [-0.3, -0.25) is 4.79 Å². The standard InChI is InChI=1S/C23H20N6O2/c1-14-21-18(16-9-6-10-17(11-16)31-2)12-20(30)26-22(21)29(28-14)23-25-19(13-24-27-23)15-7-4-3-5-8-15/h3-11,13,18H,12H2,1-2H3,(H,26,30). The van der Waals surface area contributed by atoms with Gasteiger partial charge in [-0.1, -0.05) is 42.5 Å². The van der Waals surface area contributed by atoms with Crippen LogP contribution in [-0.4, -0.2) is 38.0 Å². The molecule has 154 valence electrons. The highest BCUT2D eigenvalue weighted by Crippen LogP contribution is 2.40. The number of carbonyl (C=O) groups is 1. The molecule has 1 amide bonds. The van der Waals surface area contributed by atoms with E-state index in [0.717, 1.165) is 28.1 Å². The monoisotopic (exact) mass is 412 g/mol. The van der Waals surface area contributed by atoms with Gasteiger partial charge in [0.15, 0.2) is 0 Å². The molecule has 2 aromatic heterocycles. The summed E-state index contributed by atoms with van der Waals surface area (Å²) in [6.07, 6.45) is 1.94. The Balaban J connectivity index is 1.62. The molecular formula is C23H20N6O2. The molecule has 1 N–H and O–H groups in total. The van der Waals surface area contributed by atoms with Gasteiger partial charge in [0, 0.05) is 23.5 Å². The minimum atomic E-state index is -0.141. The maximum atomic E-state index is 12.6. The number of amides is 1. The van der Waals surface area contributed by atoms with Crippen LogP contribution in [-0.2, 0) is 4.79 Å². The van der Waals surface area contributed by atoms with Crippen molar-refractivity contribution in [2.75, 3.05) is 12.4 Å². The molecule has 1 aliphatic rings. The molecule has 0 radical (unpaired) electrons. The van der Waals surface area contributed by atoms with Crippen molar-refractivity contribution in [3.8, 4) is 23.0 Å². The number of benzene rings is 2. The zero-order valence-electron chi connectivity index (χ0n) is 17.1. The first-order valence-electron chi connectivity index (χ1n) is 9.93. The Hall–Kier alpha value is -4.07. The summed E-state index contributed by atoms with van der Waals surface area (Å²) >= 11 is 0. The van der Waals surface area contributed by atoms with Crippen molar-refractivity contribution in [2.45, 2.75) is 19.3 Å². The number of aryl methyl sites for hydroxylation is 1. The van der Waals surface area contributed by atoms with Crippen molar-refractivity contribution in [3.05, 3.63) is 77.6 Å². The molecule has 4 aromatic rings. The van der Waals surface area contributed by atoms with Crippen molar-refractivity contribution in [2.24, 2.45) is 0 Å². The van der Waals surface area contributed by atoms with Gasteiger partial charge in [-0.15, -0.1) is 5.10 Å². The predicted molar refractivity (Wildman–Crippen MR) is 115 cm³/mol. The molecule has 0 fully saturated rings. The summed E-state index contributed by atoms with van der Waals surface area (Å²) in [5, 5.41) is 15.9.